The lowest BCUT2D eigenvalue weighted by molar-refractivity contribution is -0.0165. The molecule has 2 aromatic rings. The number of alkyl halides is 2. The molecule has 1 amide bonds. The molecule has 1 aromatic carbocycles. The summed E-state index contributed by atoms with van der Waals surface area (Å²) >= 11 is 6.17. The smallest absolute Gasteiger partial charge is 0.267 e. The van der Waals surface area contributed by atoms with Crippen LogP contribution in [0, 0.1) is 0 Å². The van der Waals surface area contributed by atoms with E-state index in [2.05, 4.69) is 20.8 Å². The third-order valence-corrected chi connectivity index (χ3v) is 4.23. The predicted octanol–water partition coefficient (Wildman–Crippen LogP) is 2.24. The maximum atomic E-state index is 13.7. The number of hydrogen-bond donors (Lipinski definition) is 1. The molecule has 24 heavy (non-hydrogen) atoms. The van der Waals surface area contributed by atoms with Gasteiger partial charge in [0.25, 0.3) is 11.8 Å². The van der Waals surface area contributed by atoms with Crippen LogP contribution in [-0.4, -0.2) is 45.2 Å². The van der Waals surface area contributed by atoms with Gasteiger partial charge in [-0.1, -0.05) is 11.6 Å². The first-order chi connectivity index (χ1) is 11.4. The van der Waals surface area contributed by atoms with E-state index in [9.17, 15) is 13.6 Å². The normalized spacial score (nSPS) is 19.2. The van der Waals surface area contributed by atoms with Crippen molar-refractivity contribution in [1.82, 2.24) is 25.5 Å². The van der Waals surface area contributed by atoms with Gasteiger partial charge in [-0.3, -0.25) is 4.79 Å². The average Bonchev–Trinajstić information content (AvgIpc) is 3.17. The van der Waals surface area contributed by atoms with Crippen molar-refractivity contribution in [3.05, 3.63) is 29.0 Å². The molecule has 10 heteroatoms. The molecule has 0 spiro atoms. The first-order valence-corrected chi connectivity index (χ1v) is 7.60. The van der Waals surface area contributed by atoms with Crippen molar-refractivity contribution in [3.63, 3.8) is 0 Å². The second kappa shape index (κ2) is 6.31. The molecule has 7 nitrogen and oxygen atoms in total. The van der Waals surface area contributed by atoms with Crippen molar-refractivity contribution in [2.45, 2.75) is 31.2 Å². The zero-order valence-corrected chi connectivity index (χ0v) is 13.4. The standard InChI is InChI=1S/C14H14ClF2N5O2/c1-24-11-6-10(22-7-18-20-21-22)9(15)5-8(11)13(23)19-12-3-2-4-14(12,16)17/h5-7,12H,2-4H2,1H3,(H,19,23). The third kappa shape index (κ3) is 3.03. The molecule has 128 valence electrons. The first kappa shape index (κ1) is 16.6. The number of methoxy groups -OCH3 is 1. The van der Waals surface area contributed by atoms with E-state index in [4.69, 9.17) is 16.3 Å². The Balaban J connectivity index is 1.90. The van der Waals surface area contributed by atoms with Crippen LogP contribution < -0.4 is 10.1 Å². The van der Waals surface area contributed by atoms with Crippen molar-refractivity contribution in [3.8, 4) is 11.4 Å². The quantitative estimate of drug-likeness (QED) is 0.907. The SMILES string of the molecule is COc1cc(-n2cnnn2)c(Cl)cc1C(=O)NC1CCCC1(F)F. The Labute approximate surface area is 140 Å². The number of carbonyl (C=O) groups excluding carboxylic acids is 1. The van der Waals surface area contributed by atoms with Gasteiger partial charge in [-0.2, -0.15) is 4.68 Å². The fourth-order valence-electron chi connectivity index (χ4n) is 2.68. The number of carbonyl (C=O) groups is 1. The Morgan fingerprint density at radius 3 is 2.88 bits per heavy atom. The van der Waals surface area contributed by atoms with Crippen molar-refractivity contribution < 1.29 is 18.3 Å². The molecule has 1 aliphatic rings. The molecule has 1 atom stereocenters. The molecule has 3 rings (SSSR count). The Bertz CT molecular complexity index is 754. The van der Waals surface area contributed by atoms with Crippen LogP contribution in [0.25, 0.3) is 5.69 Å². The monoisotopic (exact) mass is 357 g/mol. The van der Waals surface area contributed by atoms with Crippen LogP contribution in [0.15, 0.2) is 18.5 Å². The van der Waals surface area contributed by atoms with Crippen LogP contribution in [0.4, 0.5) is 8.78 Å². The van der Waals surface area contributed by atoms with Crippen molar-refractivity contribution in [1.29, 1.82) is 0 Å². The highest BCUT2D eigenvalue weighted by Crippen LogP contribution is 2.36. The van der Waals surface area contributed by atoms with E-state index in [0.717, 1.165) is 0 Å². The van der Waals surface area contributed by atoms with Gasteiger partial charge in [0.2, 0.25) is 0 Å². The minimum absolute atomic E-state index is 0.0713. The first-order valence-electron chi connectivity index (χ1n) is 7.22. The topological polar surface area (TPSA) is 81.9 Å². The van der Waals surface area contributed by atoms with Crippen LogP contribution in [0.5, 0.6) is 5.75 Å². The summed E-state index contributed by atoms with van der Waals surface area (Å²) in [5.74, 6) is -3.38. The summed E-state index contributed by atoms with van der Waals surface area (Å²) in [5.41, 5.74) is 0.475. The molecule has 1 aromatic heterocycles. The number of rotatable bonds is 4. The lowest BCUT2D eigenvalue weighted by Gasteiger charge is -2.21. The number of hydrogen-bond acceptors (Lipinski definition) is 5. The Morgan fingerprint density at radius 2 is 2.29 bits per heavy atom. The molecule has 1 N–H and O–H groups in total. The van der Waals surface area contributed by atoms with Gasteiger partial charge in [0.05, 0.1) is 29.4 Å². The number of aromatic nitrogens is 4. The zero-order chi connectivity index (χ0) is 17.3. The molecular weight excluding hydrogens is 344 g/mol. The highest BCUT2D eigenvalue weighted by molar-refractivity contribution is 6.33. The lowest BCUT2D eigenvalue weighted by Crippen LogP contribution is -2.43. The second-order valence-corrected chi connectivity index (χ2v) is 5.84. The van der Waals surface area contributed by atoms with E-state index in [0.29, 0.717) is 12.1 Å². The molecule has 0 aliphatic heterocycles. The van der Waals surface area contributed by atoms with E-state index >= 15 is 0 Å². The van der Waals surface area contributed by atoms with E-state index in [1.165, 1.54) is 30.3 Å². The number of nitrogens with zero attached hydrogens (tertiary/aromatic N) is 4. The van der Waals surface area contributed by atoms with Gasteiger partial charge >= 0.3 is 0 Å². The molecule has 0 radical (unpaired) electrons. The molecule has 0 bridgehead atoms. The van der Waals surface area contributed by atoms with Gasteiger partial charge in [0, 0.05) is 12.5 Å². The van der Waals surface area contributed by atoms with Gasteiger partial charge in [-0.05, 0) is 29.3 Å². The number of amides is 1. The van der Waals surface area contributed by atoms with Crippen LogP contribution in [0.1, 0.15) is 29.6 Å². The van der Waals surface area contributed by atoms with Gasteiger partial charge in [0.1, 0.15) is 12.1 Å². The van der Waals surface area contributed by atoms with Crippen LogP contribution in [-0.2, 0) is 0 Å². The third-order valence-electron chi connectivity index (χ3n) is 3.93. The number of tetrazole rings is 1. The summed E-state index contributed by atoms with van der Waals surface area (Å²) in [6.07, 6.45) is 1.71. The summed E-state index contributed by atoms with van der Waals surface area (Å²) < 4.78 is 33.9. The minimum Gasteiger partial charge on any atom is -0.496 e. The maximum Gasteiger partial charge on any atom is 0.267 e. The predicted molar refractivity (Wildman–Crippen MR) is 80.8 cm³/mol. The summed E-state index contributed by atoms with van der Waals surface area (Å²) in [5, 5.41) is 13.3. The zero-order valence-electron chi connectivity index (χ0n) is 12.7. The number of benzene rings is 1. The lowest BCUT2D eigenvalue weighted by atomic mass is 10.1. The van der Waals surface area contributed by atoms with Crippen molar-refractivity contribution in [2.24, 2.45) is 0 Å². The van der Waals surface area contributed by atoms with E-state index in [-0.39, 0.29) is 29.2 Å². The van der Waals surface area contributed by atoms with Gasteiger partial charge < -0.3 is 10.1 Å². The summed E-state index contributed by atoms with van der Waals surface area (Å²) in [6, 6.07) is 1.63. The molecule has 1 heterocycles. The molecule has 1 saturated carbocycles. The fourth-order valence-corrected chi connectivity index (χ4v) is 2.93. The van der Waals surface area contributed by atoms with Gasteiger partial charge in [-0.25, -0.2) is 8.78 Å². The molecule has 1 fully saturated rings. The molecular formula is C14H14ClF2N5O2. The van der Waals surface area contributed by atoms with E-state index in [1.807, 2.05) is 0 Å². The minimum atomic E-state index is -2.90. The fraction of sp³-hybridized carbons (Fsp3) is 0.429. The van der Waals surface area contributed by atoms with Crippen molar-refractivity contribution in [2.75, 3.05) is 7.11 Å². The largest absolute Gasteiger partial charge is 0.496 e. The van der Waals surface area contributed by atoms with Crippen LogP contribution in [0.2, 0.25) is 5.02 Å². The Morgan fingerprint density at radius 1 is 1.50 bits per heavy atom. The Kier molecular flexibility index (Phi) is 4.35. The summed E-state index contributed by atoms with van der Waals surface area (Å²) in [6.45, 7) is 0. The number of nitrogens with one attached hydrogen (secondary N) is 1. The summed E-state index contributed by atoms with van der Waals surface area (Å²) in [4.78, 5) is 12.4. The molecule has 1 aliphatic carbocycles. The highest BCUT2D eigenvalue weighted by Gasteiger charge is 2.44. The van der Waals surface area contributed by atoms with E-state index < -0.39 is 17.9 Å². The van der Waals surface area contributed by atoms with E-state index in [1.54, 1.807) is 0 Å². The molecule has 0 saturated heterocycles. The van der Waals surface area contributed by atoms with Crippen LogP contribution in [0.3, 0.4) is 0 Å². The second-order valence-electron chi connectivity index (χ2n) is 5.44. The molecule has 1 unspecified atom stereocenters. The number of halogens is 3. The van der Waals surface area contributed by atoms with Gasteiger partial charge in [-0.15, -0.1) is 5.10 Å². The average molecular weight is 358 g/mol. The van der Waals surface area contributed by atoms with Crippen molar-refractivity contribution >= 4 is 17.5 Å². The van der Waals surface area contributed by atoms with Gasteiger partial charge in [0.15, 0.2) is 0 Å². The van der Waals surface area contributed by atoms with Crippen LogP contribution >= 0.6 is 11.6 Å². The highest BCUT2D eigenvalue weighted by atomic mass is 35.5. The summed E-state index contributed by atoms with van der Waals surface area (Å²) in [7, 11) is 1.37. The maximum absolute atomic E-state index is 13.7. The Hall–Kier alpha value is -2.29. The number of ether oxygens (including phenoxy) is 1.